The molecule has 1 aromatic rings. The van der Waals surface area contributed by atoms with Crippen LogP contribution in [0.2, 0.25) is 0 Å². The van der Waals surface area contributed by atoms with Crippen molar-refractivity contribution in [3.63, 3.8) is 0 Å². The fraction of sp³-hybridized carbons (Fsp3) is 0.650. The smallest absolute Gasteiger partial charge is 0.257 e. The molecule has 0 bridgehead atoms. The Labute approximate surface area is 160 Å². The Hall–Kier alpha value is -1.83. The number of rotatable bonds is 6. The number of hydrogen-bond donors (Lipinski definition) is 2. The third-order valence-electron chi connectivity index (χ3n) is 5.78. The summed E-state index contributed by atoms with van der Waals surface area (Å²) in [7, 11) is 3.08. The van der Waals surface area contributed by atoms with Gasteiger partial charge in [0.25, 0.3) is 5.91 Å². The normalized spacial score (nSPS) is 24.2. The molecule has 7 nitrogen and oxygen atoms in total. The van der Waals surface area contributed by atoms with Crippen molar-refractivity contribution in [2.75, 3.05) is 53.6 Å². The Morgan fingerprint density at radius 1 is 1.15 bits per heavy atom. The van der Waals surface area contributed by atoms with Gasteiger partial charge in [0.15, 0.2) is 11.5 Å². The van der Waals surface area contributed by atoms with E-state index in [4.69, 9.17) is 9.47 Å². The lowest BCUT2D eigenvalue weighted by atomic mass is 9.95. The van der Waals surface area contributed by atoms with Gasteiger partial charge in [-0.05, 0) is 30.9 Å². The molecular formula is C20H30N2O5. The van der Waals surface area contributed by atoms with Crippen LogP contribution in [0.25, 0.3) is 0 Å². The summed E-state index contributed by atoms with van der Waals surface area (Å²) in [5.74, 6) is 1.17. The van der Waals surface area contributed by atoms with Crippen molar-refractivity contribution >= 4 is 5.91 Å². The topological polar surface area (TPSA) is 82.5 Å². The van der Waals surface area contributed by atoms with Gasteiger partial charge >= 0.3 is 0 Å². The van der Waals surface area contributed by atoms with E-state index in [2.05, 4.69) is 4.90 Å². The maximum Gasteiger partial charge on any atom is 0.257 e. The number of carbonyl (C=O) groups is 1. The van der Waals surface area contributed by atoms with Crippen LogP contribution in [-0.4, -0.2) is 85.6 Å². The van der Waals surface area contributed by atoms with Gasteiger partial charge < -0.3 is 29.5 Å². The minimum absolute atomic E-state index is 0.0670. The van der Waals surface area contributed by atoms with E-state index in [0.717, 1.165) is 32.5 Å². The van der Waals surface area contributed by atoms with E-state index in [1.54, 1.807) is 25.3 Å². The number of hydrogen-bond acceptors (Lipinski definition) is 6. The number of nitrogens with zero attached hydrogens (tertiary/aromatic N) is 2. The van der Waals surface area contributed by atoms with Crippen molar-refractivity contribution in [1.82, 2.24) is 9.80 Å². The van der Waals surface area contributed by atoms with Crippen LogP contribution in [0.5, 0.6) is 11.5 Å². The molecule has 2 atom stereocenters. The van der Waals surface area contributed by atoms with E-state index in [1.165, 1.54) is 7.11 Å². The molecule has 0 radical (unpaired) electrons. The van der Waals surface area contributed by atoms with E-state index in [-0.39, 0.29) is 30.5 Å². The van der Waals surface area contributed by atoms with Crippen molar-refractivity contribution in [2.24, 2.45) is 11.8 Å². The highest BCUT2D eigenvalue weighted by Crippen LogP contribution is 2.33. The number of benzene rings is 1. The second kappa shape index (κ2) is 8.91. The molecule has 7 heteroatoms. The predicted octanol–water partition coefficient (Wildman–Crippen LogP) is 0.841. The number of likely N-dealkylation sites (tertiary alicyclic amines) is 2. The molecule has 0 aliphatic carbocycles. The standard InChI is InChI=1S/C20H30N2O5/c1-26-18-5-3-4-17(19(18)27-2)20(25)22-11-14(15(12-22)13-23)10-21-8-6-16(24)7-9-21/h3-5,14-16,23-24H,6-13H2,1-2H3/t14-,15-/m1/s1. The first-order chi connectivity index (χ1) is 13.1. The number of ether oxygens (including phenoxy) is 2. The number of carbonyl (C=O) groups excluding carboxylic acids is 1. The van der Waals surface area contributed by atoms with Gasteiger partial charge in [0.2, 0.25) is 0 Å². The van der Waals surface area contributed by atoms with Crippen LogP contribution >= 0.6 is 0 Å². The third-order valence-corrected chi connectivity index (χ3v) is 5.78. The summed E-state index contributed by atoms with van der Waals surface area (Å²) in [6.45, 7) is 3.80. The molecule has 0 aromatic heterocycles. The highest BCUT2D eigenvalue weighted by Gasteiger charge is 2.37. The molecule has 3 rings (SSSR count). The number of aliphatic hydroxyl groups is 2. The van der Waals surface area contributed by atoms with E-state index in [1.807, 2.05) is 4.90 Å². The van der Waals surface area contributed by atoms with Gasteiger partial charge in [-0.1, -0.05) is 6.07 Å². The monoisotopic (exact) mass is 378 g/mol. The maximum absolute atomic E-state index is 13.1. The molecule has 1 aromatic carbocycles. The van der Waals surface area contributed by atoms with Gasteiger partial charge in [-0.25, -0.2) is 0 Å². The molecule has 1 amide bonds. The van der Waals surface area contributed by atoms with Crippen molar-refractivity contribution in [3.05, 3.63) is 23.8 Å². The predicted molar refractivity (Wildman–Crippen MR) is 101 cm³/mol. The summed E-state index contributed by atoms with van der Waals surface area (Å²) in [5.41, 5.74) is 0.482. The van der Waals surface area contributed by atoms with E-state index in [9.17, 15) is 15.0 Å². The second-order valence-electron chi connectivity index (χ2n) is 7.49. The number of amides is 1. The molecular weight excluding hydrogens is 348 g/mol. The van der Waals surface area contributed by atoms with E-state index >= 15 is 0 Å². The minimum Gasteiger partial charge on any atom is -0.493 e. The van der Waals surface area contributed by atoms with Crippen LogP contribution in [0.3, 0.4) is 0 Å². The SMILES string of the molecule is COc1cccc(C(=O)N2C[C@@H](CN3CCC(O)CC3)[C@@H](CO)C2)c1OC. The lowest BCUT2D eigenvalue weighted by Crippen LogP contribution is -2.40. The molecule has 2 N–H and O–H groups in total. The van der Waals surface area contributed by atoms with Crippen molar-refractivity contribution in [2.45, 2.75) is 18.9 Å². The average molecular weight is 378 g/mol. The quantitative estimate of drug-likeness (QED) is 0.763. The van der Waals surface area contributed by atoms with Gasteiger partial charge in [-0.2, -0.15) is 0 Å². The number of methoxy groups -OCH3 is 2. The van der Waals surface area contributed by atoms with Crippen LogP contribution in [0.15, 0.2) is 18.2 Å². The molecule has 2 aliphatic heterocycles. The summed E-state index contributed by atoms with van der Waals surface area (Å²) in [6.07, 6.45) is 1.39. The molecule has 2 heterocycles. The Balaban J connectivity index is 1.70. The van der Waals surface area contributed by atoms with Crippen molar-refractivity contribution < 1.29 is 24.5 Å². The molecule has 27 heavy (non-hydrogen) atoms. The summed E-state index contributed by atoms with van der Waals surface area (Å²) < 4.78 is 10.7. The molecule has 2 fully saturated rings. The molecule has 0 unspecified atom stereocenters. The first-order valence-electron chi connectivity index (χ1n) is 9.58. The largest absolute Gasteiger partial charge is 0.493 e. The lowest BCUT2D eigenvalue weighted by molar-refractivity contribution is 0.0678. The van der Waals surface area contributed by atoms with E-state index < -0.39 is 0 Å². The molecule has 0 spiro atoms. The summed E-state index contributed by atoms with van der Waals surface area (Å²) >= 11 is 0. The van der Waals surface area contributed by atoms with Gasteiger partial charge in [-0.3, -0.25) is 4.79 Å². The fourth-order valence-corrected chi connectivity index (χ4v) is 4.18. The first kappa shape index (κ1) is 19.9. The zero-order chi connectivity index (χ0) is 19.4. The van der Waals surface area contributed by atoms with Crippen LogP contribution < -0.4 is 9.47 Å². The zero-order valence-electron chi connectivity index (χ0n) is 16.1. The highest BCUT2D eigenvalue weighted by atomic mass is 16.5. The van der Waals surface area contributed by atoms with Gasteiger partial charge in [0, 0.05) is 45.2 Å². The number of para-hydroxylation sites is 1. The van der Waals surface area contributed by atoms with Crippen LogP contribution in [0, 0.1) is 11.8 Å². The number of aliphatic hydroxyl groups excluding tert-OH is 2. The van der Waals surface area contributed by atoms with Crippen molar-refractivity contribution in [3.8, 4) is 11.5 Å². The third kappa shape index (κ3) is 4.36. The Morgan fingerprint density at radius 3 is 2.48 bits per heavy atom. The summed E-state index contributed by atoms with van der Waals surface area (Å²) in [6, 6.07) is 5.30. The van der Waals surface area contributed by atoms with Gasteiger partial charge in [0.05, 0.1) is 25.9 Å². The van der Waals surface area contributed by atoms with Gasteiger partial charge in [-0.15, -0.1) is 0 Å². The van der Waals surface area contributed by atoms with E-state index in [0.29, 0.717) is 30.2 Å². The maximum atomic E-state index is 13.1. The van der Waals surface area contributed by atoms with Crippen LogP contribution in [-0.2, 0) is 0 Å². The zero-order valence-corrected chi connectivity index (χ0v) is 16.1. The molecule has 2 aliphatic rings. The molecule has 150 valence electrons. The lowest BCUT2D eigenvalue weighted by Gasteiger charge is -2.32. The molecule has 2 saturated heterocycles. The van der Waals surface area contributed by atoms with Crippen LogP contribution in [0.1, 0.15) is 23.2 Å². The Morgan fingerprint density at radius 2 is 1.85 bits per heavy atom. The summed E-state index contributed by atoms with van der Waals surface area (Å²) in [4.78, 5) is 17.2. The summed E-state index contributed by atoms with van der Waals surface area (Å²) in [5, 5.41) is 19.5. The highest BCUT2D eigenvalue weighted by molar-refractivity contribution is 5.98. The Kier molecular flexibility index (Phi) is 6.57. The number of piperidine rings is 1. The first-order valence-corrected chi connectivity index (χ1v) is 9.58. The fourth-order valence-electron chi connectivity index (χ4n) is 4.18. The minimum atomic E-state index is -0.197. The Bertz CT molecular complexity index is 645. The second-order valence-corrected chi connectivity index (χ2v) is 7.49. The van der Waals surface area contributed by atoms with Crippen LogP contribution in [0.4, 0.5) is 0 Å². The average Bonchev–Trinajstić information content (AvgIpc) is 3.11. The van der Waals surface area contributed by atoms with Gasteiger partial charge in [0.1, 0.15) is 0 Å². The molecule has 0 saturated carbocycles. The van der Waals surface area contributed by atoms with Crippen molar-refractivity contribution in [1.29, 1.82) is 0 Å².